The normalized spacial score (nSPS) is 26.6. The highest BCUT2D eigenvalue weighted by molar-refractivity contribution is 5.68. The number of carbonyl (C=O) groups is 1. The smallest absolute Gasteiger partial charge is 0.410 e. The van der Waals surface area contributed by atoms with Crippen molar-refractivity contribution in [1.29, 1.82) is 0 Å². The van der Waals surface area contributed by atoms with Crippen LogP contribution >= 0.6 is 0 Å². The standard InChI is InChI=1S/C15H28N2O3/c1-14(2,3)20-13(19)17-9-6-15(12(10-17)11-18)4-7-16-8-5-15/h12,16,18H,4-11H2,1-3H3. The van der Waals surface area contributed by atoms with Gasteiger partial charge >= 0.3 is 6.09 Å². The fraction of sp³-hybridized carbons (Fsp3) is 0.933. The Morgan fingerprint density at radius 2 is 2.00 bits per heavy atom. The van der Waals surface area contributed by atoms with E-state index >= 15 is 0 Å². The number of nitrogens with one attached hydrogen (secondary N) is 1. The van der Waals surface area contributed by atoms with E-state index in [0.29, 0.717) is 6.54 Å². The summed E-state index contributed by atoms with van der Waals surface area (Å²) < 4.78 is 5.44. The molecule has 5 heteroatoms. The van der Waals surface area contributed by atoms with Crippen molar-refractivity contribution in [3.8, 4) is 0 Å². The van der Waals surface area contributed by atoms with Crippen LogP contribution in [0.1, 0.15) is 40.0 Å². The van der Waals surface area contributed by atoms with Crippen LogP contribution in [0.15, 0.2) is 0 Å². The molecule has 2 saturated heterocycles. The largest absolute Gasteiger partial charge is 0.444 e. The minimum absolute atomic E-state index is 0.152. The Balaban J connectivity index is 2.00. The fourth-order valence-corrected chi connectivity index (χ4v) is 3.44. The second-order valence-corrected chi connectivity index (χ2v) is 7.17. The van der Waals surface area contributed by atoms with Crippen LogP contribution in [0, 0.1) is 11.3 Å². The summed E-state index contributed by atoms with van der Waals surface area (Å²) in [6.45, 7) is 9.19. The molecule has 0 aromatic rings. The molecule has 2 N–H and O–H groups in total. The van der Waals surface area contributed by atoms with Gasteiger partial charge in [-0.25, -0.2) is 4.79 Å². The molecule has 2 aliphatic heterocycles. The number of aliphatic hydroxyl groups is 1. The molecule has 20 heavy (non-hydrogen) atoms. The summed E-state index contributed by atoms with van der Waals surface area (Å²) in [5.74, 6) is 0.172. The Kier molecular flexibility index (Phi) is 4.59. The van der Waals surface area contributed by atoms with Gasteiger partial charge in [0.1, 0.15) is 5.60 Å². The summed E-state index contributed by atoms with van der Waals surface area (Å²) in [7, 11) is 0. The third-order valence-corrected chi connectivity index (χ3v) is 4.66. The number of likely N-dealkylation sites (tertiary alicyclic amines) is 1. The molecule has 0 radical (unpaired) electrons. The average molecular weight is 284 g/mol. The van der Waals surface area contributed by atoms with Gasteiger partial charge in [-0.1, -0.05) is 0 Å². The van der Waals surface area contributed by atoms with Crippen LogP contribution in [0.25, 0.3) is 0 Å². The van der Waals surface area contributed by atoms with Gasteiger partial charge < -0.3 is 20.1 Å². The highest BCUT2D eigenvalue weighted by Crippen LogP contribution is 2.43. The molecule has 5 nitrogen and oxygen atoms in total. The minimum atomic E-state index is -0.463. The molecule has 0 aliphatic carbocycles. The number of piperidine rings is 2. The van der Waals surface area contributed by atoms with Crippen LogP contribution in [0.3, 0.4) is 0 Å². The quantitative estimate of drug-likeness (QED) is 0.768. The van der Waals surface area contributed by atoms with Crippen LogP contribution in [-0.2, 0) is 4.74 Å². The van der Waals surface area contributed by atoms with Crippen LogP contribution in [-0.4, -0.2) is 54.5 Å². The first-order chi connectivity index (χ1) is 9.36. The summed E-state index contributed by atoms with van der Waals surface area (Å²) in [6.07, 6.45) is 2.92. The lowest BCUT2D eigenvalue weighted by Crippen LogP contribution is -2.54. The number of nitrogens with zero attached hydrogens (tertiary/aromatic N) is 1. The van der Waals surface area contributed by atoms with Gasteiger partial charge in [-0.15, -0.1) is 0 Å². The number of aliphatic hydroxyl groups excluding tert-OH is 1. The zero-order valence-electron chi connectivity index (χ0n) is 12.9. The van der Waals surface area contributed by atoms with Crippen molar-refractivity contribution in [3.05, 3.63) is 0 Å². The third-order valence-electron chi connectivity index (χ3n) is 4.66. The van der Waals surface area contributed by atoms with Gasteiger partial charge in [-0.3, -0.25) is 0 Å². The zero-order valence-corrected chi connectivity index (χ0v) is 12.9. The molecule has 1 atom stereocenters. The van der Waals surface area contributed by atoms with Gasteiger partial charge in [-0.2, -0.15) is 0 Å². The Labute approximate surface area is 121 Å². The number of carbonyl (C=O) groups excluding carboxylic acids is 1. The number of hydrogen-bond donors (Lipinski definition) is 2. The molecule has 0 aromatic carbocycles. The summed E-state index contributed by atoms with van der Waals surface area (Å²) in [5, 5.41) is 13.1. The number of amides is 1. The van der Waals surface area contributed by atoms with Crippen molar-refractivity contribution in [1.82, 2.24) is 10.2 Å². The molecule has 1 amide bonds. The Bertz CT molecular complexity index is 346. The monoisotopic (exact) mass is 284 g/mol. The summed E-state index contributed by atoms with van der Waals surface area (Å²) >= 11 is 0. The van der Waals surface area contributed by atoms with Crippen molar-refractivity contribution >= 4 is 6.09 Å². The Morgan fingerprint density at radius 3 is 2.55 bits per heavy atom. The van der Waals surface area contributed by atoms with Gasteiger partial charge in [0.2, 0.25) is 0 Å². The van der Waals surface area contributed by atoms with E-state index < -0.39 is 5.60 Å². The second-order valence-electron chi connectivity index (χ2n) is 7.17. The molecule has 1 unspecified atom stereocenters. The van der Waals surface area contributed by atoms with E-state index in [1.165, 1.54) is 0 Å². The highest BCUT2D eigenvalue weighted by atomic mass is 16.6. The van der Waals surface area contributed by atoms with E-state index in [1.54, 1.807) is 4.90 Å². The first-order valence-electron chi connectivity index (χ1n) is 7.66. The molecule has 1 spiro atoms. The van der Waals surface area contributed by atoms with E-state index in [0.717, 1.165) is 38.9 Å². The molecule has 2 aliphatic rings. The molecule has 2 rings (SSSR count). The molecule has 0 saturated carbocycles. The first kappa shape index (κ1) is 15.6. The summed E-state index contributed by atoms with van der Waals surface area (Å²) in [4.78, 5) is 13.9. The predicted octanol–water partition coefficient (Wildman–Crippen LogP) is 1.61. The molecule has 0 bridgehead atoms. The summed E-state index contributed by atoms with van der Waals surface area (Å²) in [6, 6.07) is 0. The molecular weight excluding hydrogens is 256 g/mol. The minimum Gasteiger partial charge on any atom is -0.444 e. The lowest BCUT2D eigenvalue weighted by Gasteiger charge is -2.49. The zero-order chi connectivity index (χ0) is 14.8. The molecular formula is C15H28N2O3. The van der Waals surface area contributed by atoms with Gasteiger partial charge in [0.25, 0.3) is 0 Å². The van der Waals surface area contributed by atoms with Gasteiger partial charge in [0, 0.05) is 25.6 Å². The third kappa shape index (κ3) is 3.44. The number of hydrogen-bond acceptors (Lipinski definition) is 4. The molecule has 116 valence electrons. The maximum Gasteiger partial charge on any atom is 0.410 e. The first-order valence-corrected chi connectivity index (χ1v) is 7.66. The van der Waals surface area contributed by atoms with Gasteiger partial charge in [0.15, 0.2) is 0 Å². The highest BCUT2D eigenvalue weighted by Gasteiger charge is 2.44. The van der Waals surface area contributed by atoms with Crippen LogP contribution < -0.4 is 5.32 Å². The lowest BCUT2D eigenvalue weighted by molar-refractivity contribution is -0.0348. The van der Waals surface area contributed by atoms with Crippen molar-refractivity contribution in [2.24, 2.45) is 11.3 Å². The summed E-state index contributed by atoms with van der Waals surface area (Å²) in [5.41, 5.74) is -0.256. The van der Waals surface area contributed by atoms with Crippen molar-refractivity contribution in [3.63, 3.8) is 0 Å². The fourth-order valence-electron chi connectivity index (χ4n) is 3.44. The van der Waals surface area contributed by atoms with Gasteiger partial charge in [-0.05, 0) is 58.5 Å². The molecule has 2 fully saturated rings. The Hall–Kier alpha value is -0.810. The van der Waals surface area contributed by atoms with Crippen molar-refractivity contribution in [2.75, 3.05) is 32.8 Å². The maximum absolute atomic E-state index is 12.2. The van der Waals surface area contributed by atoms with Crippen LogP contribution in [0.4, 0.5) is 4.79 Å². The Morgan fingerprint density at radius 1 is 1.35 bits per heavy atom. The van der Waals surface area contributed by atoms with E-state index in [-0.39, 0.29) is 24.0 Å². The van der Waals surface area contributed by atoms with Crippen molar-refractivity contribution in [2.45, 2.75) is 45.6 Å². The molecule has 2 heterocycles. The number of ether oxygens (including phenoxy) is 1. The van der Waals surface area contributed by atoms with Crippen molar-refractivity contribution < 1.29 is 14.6 Å². The van der Waals surface area contributed by atoms with E-state index in [4.69, 9.17) is 4.74 Å². The number of rotatable bonds is 1. The second kappa shape index (κ2) is 5.90. The topological polar surface area (TPSA) is 61.8 Å². The van der Waals surface area contributed by atoms with Crippen LogP contribution in [0.5, 0.6) is 0 Å². The predicted molar refractivity (Wildman–Crippen MR) is 77.5 cm³/mol. The van der Waals surface area contributed by atoms with E-state index in [2.05, 4.69) is 5.32 Å². The van der Waals surface area contributed by atoms with E-state index in [1.807, 2.05) is 20.8 Å². The SMILES string of the molecule is CC(C)(C)OC(=O)N1CCC2(CCNCC2)C(CO)C1. The average Bonchev–Trinajstić information content (AvgIpc) is 2.38. The van der Waals surface area contributed by atoms with Gasteiger partial charge in [0.05, 0.1) is 0 Å². The van der Waals surface area contributed by atoms with E-state index in [9.17, 15) is 9.90 Å². The lowest BCUT2D eigenvalue weighted by atomic mass is 9.65. The maximum atomic E-state index is 12.2. The van der Waals surface area contributed by atoms with Crippen LogP contribution in [0.2, 0.25) is 0 Å². The molecule has 0 aromatic heterocycles.